The third kappa shape index (κ3) is 3.57. The van der Waals surface area contributed by atoms with Crippen molar-refractivity contribution in [1.82, 2.24) is 5.32 Å². The average molecular weight is 297 g/mol. The third-order valence-electron chi connectivity index (χ3n) is 3.40. The Kier molecular flexibility index (Phi) is 4.43. The third-order valence-corrected chi connectivity index (χ3v) is 4.27. The summed E-state index contributed by atoms with van der Waals surface area (Å²) in [6.45, 7) is 0.800. The summed E-state index contributed by atoms with van der Waals surface area (Å²) in [5.74, 6) is -0.205. The number of halogens is 1. The molecule has 0 saturated carbocycles. The first-order chi connectivity index (χ1) is 10.3. The summed E-state index contributed by atoms with van der Waals surface area (Å²) in [5.41, 5.74) is 2.25. The lowest BCUT2D eigenvalue weighted by atomic mass is 9.98. The molecule has 0 fully saturated rings. The molecule has 21 heavy (non-hydrogen) atoms. The van der Waals surface area contributed by atoms with Gasteiger partial charge in [0, 0.05) is 11.4 Å². The maximum atomic E-state index is 13.1. The van der Waals surface area contributed by atoms with Crippen LogP contribution in [0.5, 0.6) is 0 Å². The number of benzene rings is 2. The van der Waals surface area contributed by atoms with E-state index in [0.29, 0.717) is 0 Å². The van der Waals surface area contributed by atoms with E-state index in [4.69, 9.17) is 0 Å². The molecule has 1 aromatic heterocycles. The van der Waals surface area contributed by atoms with Crippen molar-refractivity contribution < 1.29 is 4.39 Å². The van der Waals surface area contributed by atoms with E-state index < -0.39 is 0 Å². The lowest BCUT2D eigenvalue weighted by Gasteiger charge is -2.19. The van der Waals surface area contributed by atoms with Crippen LogP contribution in [-0.2, 0) is 6.54 Å². The van der Waals surface area contributed by atoms with Gasteiger partial charge in [0.1, 0.15) is 5.82 Å². The molecule has 0 aliphatic carbocycles. The Balaban J connectivity index is 1.85. The van der Waals surface area contributed by atoms with Crippen molar-refractivity contribution >= 4 is 11.3 Å². The molecule has 1 N–H and O–H groups in total. The van der Waals surface area contributed by atoms with Gasteiger partial charge in [-0.15, -0.1) is 11.3 Å². The fourth-order valence-electron chi connectivity index (χ4n) is 2.34. The highest BCUT2D eigenvalue weighted by Gasteiger charge is 2.13. The molecule has 0 spiro atoms. The Morgan fingerprint density at radius 3 is 2.24 bits per heavy atom. The predicted molar refractivity (Wildman–Crippen MR) is 85.8 cm³/mol. The van der Waals surface area contributed by atoms with Crippen molar-refractivity contribution in [2.24, 2.45) is 0 Å². The molecule has 3 aromatic rings. The number of hydrogen-bond donors (Lipinski definition) is 1. The van der Waals surface area contributed by atoms with Crippen LogP contribution >= 0.6 is 11.3 Å². The Hall–Kier alpha value is -1.97. The molecule has 106 valence electrons. The summed E-state index contributed by atoms with van der Waals surface area (Å²) in [5, 5.41) is 5.64. The summed E-state index contributed by atoms with van der Waals surface area (Å²) in [6.07, 6.45) is 0. The molecule has 0 bridgehead atoms. The van der Waals surface area contributed by atoms with E-state index in [1.807, 2.05) is 30.3 Å². The molecule has 1 heterocycles. The van der Waals surface area contributed by atoms with Gasteiger partial charge in [0.2, 0.25) is 0 Å². The van der Waals surface area contributed by atoms with E-state index in [1.165, 1.54) is 22.6 Å². The smallest absolute Gasteiger partial charge is 0.123 e. The first kappa shape index (κ1) is 14.0. The topological polar surface area (TPSA) is 12.0 Å². The number of thiophene rings is 1. The molecule has 0 aliphatic heterocycles. The van der Waals surface area contributed by atoms with Crippen molar-refractivity contribution in [2.45, 2.75) is 12.6 Å². The maximum absolute atomic E-state index is 13.1. The van der Waals surface area contributed by atoms with Gasteiger partial charge in [0.25, 0.3) is 0 Å². The Morgan fingerprint density at radius 2 is 1.57 bits per heavy atom. The van der Waals surface area contributed by atoms with Crippen molar-refractivity contribution in [2.75, 3.05) is 0 Å². The summed E-state index contributed by atoms with van der Waals surface area (Å²) < 4.78 is 13.1. The molecular weight excluding hydrogens is 281 g/mol. The van der Waals surface area contributed by atoms with Gasteiger partial charge in [-0.2, -0.15) is 0 Å². The van der Waals surface area contributed by atoms with Gasteiger partial charge in [0.15, 0.2) is 0 Å². The predicted octanol–water partition coefficient (Wildman–Crippen LogP) is 4.77. The lowest BCUT2D eigenvalue weighted by Crippen LogP contribution is -2.21. The summed E-state index contributed by atoms with van der Waals surface area (Å²) >= 11 is 1.74. The molecule has 1 nitrogen and oxygen atoms in total. The summed E-state index contributed by atoms with van der Waals surface area (Å²) in [4.78, 5) is 1.29. The highest BCUT2D eigenvalue weighted by Crippen LogP contribution is 2.23. The van der Waals surface area contributed by atoms with Crippen LogP contribution in [0.3, 0.4) is 0 Å². The van der Waals surface area contributed by atoms with Gasteiger partial charge >= 0.3 is 0 Å². The van der Waals surface area contributed by atoms with Crippen LogP contribution in [0.1, 0.15) is 22.0 Å². The Bertz CT molecular complexity index is 662. The Labute approximate surface area is 128 Å². The Morgan fingerprint density at radius 1 is 0.857 bits per heavy atom. The van der Waals surface area contributed by atoms with E-state index in [9.17, 15) is 4.39 Å². The standard InChI is InChI=1S/C18H16FNS/c19-16-10-8-15(9-11-16)18(14-5-2-1-3-6-14)20-13-17-7-4-12-21-17/h1-12,18,20H,13H2. The van der Waals surface area contributed by atoms with Crippen LogP contribution in [0.4, 0.5) is 4.39 Å². The summed E-state index contributed by atoms with van der Waals surface area (Å²) in [6, 6.07) is 21.2. The molecule has 0 radical (unpaired) electrons. The molecule has 1 atom stereocenters. The van der Waals surface area contributed by atoms with Crippen molar-refractivity contribution in [3.05, 3.63) is 93.9 Å². The second-order valence-electron chi connectivity index (χ2n) is 4.86. The van der Waals surface area contributed by atoms with E-state index >= 15 is 0 Å². The number of rotatable bonds is 5. The van der Waals surface area contributed by atoms with Gasteiger partial charge in [-0.05, 0) is 34.7 Å². The average Bonchev–Trinajstić information content (AvgIpc) is 3.04. The normalized spacial score (nSPS) is 12.2. The fourth-order valence-corrected chi connectivity index (χ4v) is 3.00. The molecule has 3 rings (SSSR count). The van der Waals surface area contributed by atoms with Crippen LogP contribution in [0.25, 0.3) is 0 Å². The molecule has 3 heteroatoms. The van der Waals surface area contributed by atoms with E-state index in [1.54, 1.807) is 11.3 Å². The number of hydrogen-bond acceptors (Lipinski definition) is 2. The van der Waals surface area contributed by atoms with Crippen LogP contribution in [0.15, 0.2) is 72.1 Å². The molecule has 0 saturated heterocycles. The van der Waals surface area contributed by atoms with E-state index in [2.05, 4.69) is 35.0 Å². The minimum atomic E-state index is -0.205. The lowest BCUT2D eigenvalue weighted by molar-refractivity contribution is 0.601. The second-order valence-corrected chi connectivity index (χ2v) is 5.89. The van der Waals surface area contributed by atoms with Crippen LogP contribution < -0.4 is 5.32 Å². The summed E-state index contributed by atoms with van der Waals surface area (Å²) in [7, 11) is 0. The van der Waals surface area contributed by atoms with Gasteiger partial charge in [-0.25, -0.2) is 4.39 Å². The zero-order valence-electron chi connectivity index (χ0n) is 11.5. The van der Waals surface area contributed by atoms with Crippen LogP contribution in [0, 0.1) is 5.82 Å². The number of nitrogens with one attached hydrogen (secondary N) is 1. The van der Waals surface area contributed by atoms with E-state index in [0.717, 1.165) is 12.1 Å². The monoisotopic (exact) mass is 297 g/mol. The molecule has 0 aliphatic rings. The van der Waals surface area contributed by atoms with E-state index in [-0.39, 0.29) is 11.9 Å². The van der Waals surface area contributed by atoms with Crippen molar-refractivity contribution in [1.29, 1.82) is 0 Å². The van der Waals surface area contributed by atoms with Crippen LogP contribution in [0.2, 0.25) is 0 Å². The van der Waals surface area contributed by atoms with Gasteiger partial charge in [-0.3, -0.25) is 0 Å². The molecule has 0 amide bonds. The zero-order chi connectivity index (χ0) is 14.5. The SMILES string of the molecule is Fc1ccc(C(NCc2cccs2)c2ccccc2)cc1. The first-order valence-electron chi connectivity index (χ1n) is 6.89. The molecule has 2 aromatic carbocycles. The molecule has 1 unspecified atom stereocenters. The van der Waals surface area contributed by atoms with Crippen LogP contribution in [-0.4, -0.2) is 0 Å². The van der Waals surface area contributed by atoms with Crippen molar-refractivity contribution in [3.8, 4) is 0 Å². The highest BCUT2D eigenvalue weighted by molar-refractivity contribution is 7.09. The quantitative estimate of drug-likeness (QED) is 0.715. The molecular formula is C18H16FNS. The van der Waals surface area contributed by atoms with Gasteiger partial charge < -0.3 is 5.32 Å². The zero-order valence-corrected chi connectivity index (χ0v) is 12.3. The van der Waals surface area contributed by atoms with Gasteiger partial charge in [0.05, 0.1) is 6.04 Å². The largest absolute Gasteiger partial charge is 0.301 e. The maximum Gasteiger partial charge on any atom is 0.123 e. The highest BCUT2D eigenvalue weighted by atomic mass is 32.1. The minimum absolute atomic E-state index is 0.0638. The fraction of sp³-hybridized carbons (Fsp3) is 0.111. The van der Waals surface area contributed by atoms with Gasteiger partial charge in [-0.1, -0.05) is 48.5 Å². The minimum Gasteiger partial charge on any atom is -0.301 e. The first-order valence-corrected chi connectivity index (χ1v) is 7.77. The second kappa shape index (κ2) is 6.66. The van der Waals surface area contributed by atoms with Crippen molar-refractivity contribution in [3.63, 3.8) is 0 Å².